The van der Waals surface area contributed by atoms with Crippen molar-refractivity contribution in [3.8, 4) is 0 Å². The van der Waals surface area contributed by atoms with Gasteiger partial charge in [-0.15, -0.1) is 10.2 Å². The molecule has 1 aromatic heterocycles. The molecule has 0 atom stereocenters. The van der Waals surface area contributed by atoms with E-state index in [9.17, 15) is 0 Å². The number of nitrogen functional groups attached to an aromatic ring is 1. The third-order valence-corrected chi connectivity index (χ3v) is 2.64. The predicted molar refractivity (Wildman–Crippen MR) is 73.6 cm³/mol. The zero-order valence-corrected chi connectivity index (χ0v) is 9.69. The molecule has 3 aromatic rings. The Bertz CT molecular complexity index is 662. The second kappa shape index (κ2) is 4.33. The van der Waals surface area contributed by atoms with Gasteiger partial charge in [0.2, 0.25) is 0 Å². The van der Waals surface area contributed by atoms with Crippen LogP contribution in [0.1, 0.15) is 5.56 Å². The van der Waals surface area contributed by atoms with E-state index in [0.717, 1.165) is 22.3 Å². The Kier molecular flexibility index (Phi) is 2.53. The molecule has 0 spiro atoms. The Balaban J connectivity index is 1.89. The maximum absolute atomic E-state index is 5.63. The normalized spacial score (nSPS) is 11.3. The van der Waals surface area contributed by atoms with Gasteiger partial charge in [0.15, 0.2) is 0 Å². The van der Waals surface area contributed by atoms with Crippen molar-refractivity contribution >= 4 is 29.0 Å². The van der Waals surface area contributed by atoms with E-state index in [0.29, 0.717) is 0 Å². The molecule has 0 aliphatic rings. The molecule has 4 nitrogen and oxygen atoms in total. The molecule has 0 bridgehead atoms. The van der Waals surface area contributed by atoms with Gasteiger partial charge in [0.05, 0.1) is 6.20 Å². The van der Waals surface area contributed by atoms with E-state index < -0.39 is 0 Å². The highest BCUT2D eigenvalue weighted by Crippen LogP contribution is 2.09. The number of nitrogens with two attached hydrogens (primary N) is 1. The average molecular weight is 236 g/mol. The molecular formula is C14H12N4. The first-order chi connectivity index (χ1) is 8.81. The molecule has 3 rings (SSSR count). The summed E-state index contributed by atoms with van der Waals surface area (Å²) in [7, 11) is 0. The summed E-state index contributed by atoms with van der Waals surface area (Å²) in [5, 5.41) is 8.68. The van der Waals surface area contributed by atoms with E-state index in [4.69, 9.17) is 5.73 Å². The molecule has 2 aromatic carbocycles. The topological polar surface area (TPSA) is 56.7 Å². The van der Waals surface area contributed by atoms with E-state index in [2.05, 4.69) is 10.2 Å². The predicted octanol–water partition coefficient (Wildman–Crippen LogP) is 2.64. The number of fused-ring (bicyclic) bond motifs is 1. The molecule has 1 heterocycles. The van der Waals surface area contributed by atoms with Crippen LogP contribution in [0.2, 0.25) is 0 Å². The van der Waals surface area contributed by atoms with Gasteiger partial charge in [-0.3, -0.25) is 0 Å². The third-order valence-electron chi connectivity index (χ3n) is 2.64. The number of hydrogen-bond donors (Lipinski definition) is 1. The van der Waals surface area contributed by atoms with Crippen molar-refractivity contribution < 1.29 is 0 Å². The maximum atomic E-state index is 5.63. The zero-order chi connectivity index (χ0) is 12.4. The molecule has 0 unspecified atom stereocenters. The van der Waals surface area contributed by atoms with E-state index in [1.54, 1.807) is 4.80 Å². The molecule has 88 valence electrons. The fourth-order valence-corrected chi connectivity index (χ4v) is 1.70. The number of aromatic nitrogens is 3. The molecule has 0 saturated heterocycles. The third kappa shape index (κ3) is 2.08. The lowest BCUT2D eigenvalue weighted by molar-refractivity contribution is 0.814. The quantitative estimate of drug-likeness (QED) is 0.696. The maximum Gasteiger partial charge on any atom is 0.113 e. The van der Waals surface area contributed by atoms with Gasteiger partial charge in [-0.2, -0.15) is 4.80 Å². The molecular weight excluding hydrogens is 224 g/mol. The van der Waals surface area contributed by atoms with Crippen LogP contribution in [0, 0.1) is 0 Å². The first-order valence-electron chi connectivity index (χ1n) is 5.66. The minimum Gasteiger partial charge on any atom is -0.399 e. The Morgan fingerprint density at radius 3 is 2.11 bits per heavy atom. The van der Waals surface area contributed by atoms with Gasteiger partial charge in [-0.25, -0.2) is 0 Å². The lowest BCUT2D eigenvalue weighted by Crippen LogP contribution is -1.90. The van der Waals surface area contributed by atoms with Crippen molar-refractivity contribution in [3.63, 3.8) is 0 Å². The van der Waals surface area contributed by atoms with E-state index in [-0.39, 0.29) is 0 Å². The fraction of sp³-hybridized carbons (Fsp3) is 0. The lowest BCUT2D eigenvalue weighted by atomic mass is 10.2. The molecule has 18 heavy (non-hydrogen) atoms. The van der Waals surface area contributed by atoms with Crippen LogP contribution < -0.4 is 5.73 Å². The first-order valence-corrected chi connectivity index (χ1v) is 5.66. The Morgan fingerprint density at radius 2 is 1.50 bits per heavy atom. The molecule has 2 N–H and O–H groups in total. The summed E-state index contributed by atoms with van der Waals surface area (Å²) >= 11 is 0. The van der Waals surface area contributed by atoms with Gasteiger partial charge in [-0.05, 0) is 35.9 Å². The molecule has 0 fully saturated rings. The number of anilines is 1. The number of benzene rings is 2. The summed E-state index contributed by atoms with van der Waals surface area (Å²) in [6, 6.07) is 15.4. The Labute approximate surface area is 104 Å². The Morgan fingerprint density at radius 1 is 0.889 bits per heavy atom. The van der Waals surface area contributed by atoms with Crippen LogP contribution in [-0.2, 0) is 0 Å². The summed E-state index contributed by atoms with van der Waals surface area (Å²) in [5.74, 6) is 0. The second-order valence-electron chi connectivity index (χ2n) is 3.99. The summed E-state index contributed by atoms with van der Waals surface area (Å²) < 4.78 is 0. The van der Waals surface area contributed by atoms with Crippen molar-refractivity contribution in [1.82, 2.24) is 15.0 Å². The van der Waals surface area contributed by atoms with Gasteiger partial charge in [0.25, 0.3) is 0 Å². The monoisotopic (exact) mass is 236 g/mol. The van der Waals surface area contributed by atoms with E-state index in [1.165, 1.54) is 0 Å². The smallest absolute Gasteiger partial charge is 0.113 e. The van der Waals surface area contributed by atoms with E-state index in [1.807, 2.05) is 60.8 Å². The van der Waals surface area contributed by atoms with Crippen molar-refractivity contribution in [2.24, 2.45) is 0 Å². The lowest BCUT2D eigenvalue weighted by Gasteiger charge is -1.94. The standard InChI is InChI=1S/C14H12N4/c15-12-7-5-11(6-8-12)9-10-18-16-13-3-1-2-4-14(13)17-18/h1-10H,15H2. The Hall–Kier alpha value is -2.62. The van der Waals surface area contributed by atoms with Crippen molar-refractivity contribution in [1.29, 1.82) is 0 Å². The summed E-state index contributed by atoms with van der Waals surface area (Å²) in [6.45, 7) is 0. The molecule has 4 heteroatoms. The molecule has 0 amide bonds. The van der Waals surface area contributed by atoms with Crippen LogP contribution in [0.3, 0.4) is 0 Å². The van der Waals surface area contributed by atoms with Crippen LogP contribution in [0.25, 0.3) is 23.3 Å². The first kappa shape index (κ1) is 10.5. The van der Waals surface area contributed by atoms with Gasteiger partial charge in [0.1, 0.15) is 11.0 Å². The molecule has 0 radical (unpaired) electrons. The highest BCUT2D eigenvalue weighted by atomic mass is 15.5. The summed E-state index contributed by atoms with van der Waals surface area (Å²) in [4.78, 5) is 1.57. The second-order valence-corrected chi connectivity index (χ2v) is 3.99. The fourth-order valence-electron chi connectivity index (χ4n) is 1.70. The summed E-state index contributed by atoms with van der Waals surface area (Å²) in [6.07, 6.45) is 3.77. The number of nitrogens with zero attached hydrogens (tertiary/aromatic N) is 3. The van der Waals surface area contributed by atoms with Crippen LogP contribution in [0.4, 0.5) is 5.69 Å². The van der Waals surface area contributed by atoms with Crippen LogP contribution in [-0.4, -0.2) is 15.0 Å². The van der Waals surface area contributed by atoms with Gasteiger partial charge in [0, 0.05) is 5.69 Å². The van der Waals surface area contributed by atoms with Crippen molar-refractivity contribution in [2.45, 2.75) is 0 Å². The molecule has 0 saturated carbocycles. The number of rotatable bonds is 2. The van der Waals surface area contributed by atoms with Gasteiger partial charge in [-0.1, -0.05) is 24.3 Å². The number of hydrogen-bond acceptors (Lipinski definition) is 3. The largest absolute Gasteiger partial charge is 0.399 e. The SMILES string of the molecule is Nc1ccc(C=Cn2nc3ccccc3n2)cc1. The van der Waals surface area contributed by atoms with Crippen LogP contribution in [0.5, 0.6) is 0 Å². The highest BCUT2D eigenvalue weighted by Gasteiger charge is 1.97. The minimum absolute atomic E-state index is 0.759. The van der Waals surface area contributed by atoms with Crippen LogP contribution in [0.15, 0.2) is 48.5 Å². The van der Waals surface area contributed by atoms with E-state index >= 15 is 0 Å². The minimum atomic E-state index is 0.759. The van der Waals surface area contributed by atoms with Gasteiger partial charge < -0.3 is 5.73 Å². The summed E-state index contributed by atoms with van der Waals surface area (Å²) in [5.41, 5.74) is 9.23. The van der Waals surface area contributed by atoms with Crippen molar-refractivity contribution in [2.75, 3.05) is 5.73 Å². The zero-order valence-electron chi connectivity index (χ0n) is 9.69. The van der Waals surface area contributed by atoms with Gasteiger partial charge >= 0.3 is 0 Å². The van der Waals surface area contributed by atoms with Crippen molar-refractivity contribution in [3.05, 3.63) is 54.1 Å². The molecule has 0 aliphatic heterocycles. The van der Waals surface area contributed by atoms with Crippen LogP contribution >= 0.6 is 0 Å². The highest BCUT2D eigenvalue weighted by molar-refractivity contribution is 5.74. The molecule has 0 aliphatic carbocycles. The average Bonchev–Trinajstić information content (AvgIpc) is 2.81.